The van der Waals surface area contributed by atoms with Crippen molar-refractivity contribution in [2.75, 3.05) is 0 Å². The van der Waals surface area contributed by atoms with Crippen molar-refractivity contribution in [1.82, 2.24) is 5.32 Å². The van der Waals surface area contributed by atoms with E-state index in [0.29, 0.717) is 12.8 Å². The normalized spacial score (nSPS) is 26.1. The lowest BCUT2D eigenvalue weighted by Gasteiger charge is -2.30. The summed E-state index contributed by atoms with van der Waals surface area (Å²) >= 11 is 0. The molecule has 84 valence electrons. The first-order chi connectivity index (χ1) is 6.99. The second kappa shape index (κ2) is 5.13. The van der Waals surface area contributed by atoms with E-state index < -0.39 is 25.1 Å². The maximum atomic E-state index is 10.7. The zero-order chi connectivity index (χ0) is 11.4. The van der Waals surface area contributed by atoms with E-state index >= 15 is 0 Å². The number of carbonyl (C=O) groups excluding carboxylic acids is 1. The molecular formula is C8H14BNO5. The predicted molar refractivity (Wildman–Crippen MR) is 51.9 cm³/mol. The predicted octanol–water partition coefficient (Wildman–Crippen LogP) is -0.835. The molecule has 15 heavy (non-hydrogen) atoms. The maximum absolute atomic E-state index is 10.7. The molecule has 0 bridgehead atoms. The third kappa shape index (κ3) is 3.89. The molecule has 1 rings (SSSR count). The van der Waals surface area contributed by atoms with Crippen LogP contribution in [0.25, 0.3) is 0 Å². The molecule has 1 aliphatic rings. The van der Waals surface area contributed by atoms with Crippen molar-refractivity contribution < 1.29 is 24.4 Å². The summed E-state index contributed by atoms with van der Waals surface area (Å²) in [4.78, 5) is 21.1. The van der Waals surface area contributed by atoms with Gasteiger partial charge in [0.2, 0.25) is 5.91 Å². The Bertz CT molecular complexity index is 259. The van der Waals surface area contributed by atoms with Crippen LogP contribution in [0.3, 0.4) is 0 Å². The van der Waals surface area contributed by atoms with Gasteiger partial charge in [-0.2, -0.15) is 0 Å². The summed E-state index contributed by atoms with van der Waals surface area (Å²) in [6, 6.07) is 0. The van der Waals surface area contributed by atoms with Crippen molar-refractivity contribution in [3.8, 4) is 0 Å². The SMILES string of the molecule is CC(=O)NC1CC[C@@H](CC(=O)O)OB1O. The molecule has 0 aromatic rings. The van der Waals surface area contributed by atoms with Gasteiger partial charge in [0.15, 0.2) is 0 Å². The Balaban J connectivity index is 2.40. The average Bonchev–Trinajstić information content (AvgIpc) is 2.08. The van der Waals surface area contributed by atoms with E-state index in [1.807, 2.05) is 0 Å². The Morgan fingerprint density at radius 3 is 2.67 bits per heavy atom. The zero-order valence-corrected chi connectivity index (χ0v) is 8.47. The van der Waals surface area contributed by atoms with Crippen LogP contribution in [0.2, 0.25) is 0 Å². The number of aliphatic carboxylic acids is 1. The van der Waals surface area contributed by atoms with Crippen LogP contribution in [0.4, 0.5) is 0 Å². The summed E-state index contributed by atoms with van der Waals surface area (Å²) in [6.45, 7) is 1.36. The lowest BCUT2D eigenvalue weighted by molar-refractivity contribution is -0.139. The topological polar surface area (TPSA) is 95.9 Å². The van der Waals surface area contributed by atoms with Gasteiger partial charge in [-0.3, -0.25) is 9.59 Å². The molecule has 1 amide bonds. The standard InChI is InChI=1S/C8H14BNO5/c1-5(11)10-7-3-2-6(4-8(12)13)15-9(7)14/h6-7,14H,2-4H2,1H3,(H,10,11)(H,12,13)/t6-,7?/m0/s1. The monoisotopic (exact) mass is 215 g/mol. The Hall–Kier alpha value is -1.08. The van der Waals surface area contributed by atoms with E-state index in [9.17, 15) is 14.6 Å². The van der Waals surface area contributed by atoms with E-state index in [2.05, 4.69) is 5.32 Å². The second-order valence-corrected chi connectivity index (χ2v) is 3.63. The fourth-order valence-electron chi connectivity index (χ4n) is 1.62. The lowest BCUT2D eigenvalue weighted by Crippen LogP contribution is -2.52. The zero-order valence-electron chi connectivity index (χ0n) is 8.47. The van der Waals surface area contributed by atoms with Crippen LogP contribution in [0, 0.1) is 0 Å². The highest BCUT2D eigenvalue weighted by atomic mass is 16.5. The fourth-order valence-corrected chi connectivity index (χ4v) is 1.62. The Labute approximate surface area is 87.8 Å². The smallest absolute Gasteiger partial charge is 0.478 e. The van der Waals surface area contributed by atoms with Crippen LogP contribution in [0.1, 0.15) is 26.2 Å². The molecule has 6 nitrogen and oxygen atoms in total. The van der Waals surface area contributed by atoms with E-state index in [1.165, 1.54) is 6.92 Å². The number of amides is 1. The molecule has 1 saturated heterocycles. The van der Waals surface area contributed by atoms with Gasteiger partial charge in [0, 0.05) is 6.92 Å². The van der Waals surface area contributed by atoms with Crippen molar-refractivity contribution >= 4 is 19.0 Å². The molecule has 1 unspecified atom stereocenters. The van der Waals surface area contributed by atoms with Crippen molar-refractivity contribution in [1.29, 1.82) is 0 Å². The number of carbonyl (C=O) groups is 2. The minimum absolute atomic E-state index is 0.121. The molecular weight excluding hydrogens is 201 g/mol. The van der Waals surface area contributed by atoms with Gasteiger partial charge in [0.05, 0.1) is 18.5 Å². The summed E-state index contributed by atoms with van der Waals surface area (Å²) in [6.07, 6.45) is 0.458. The summed E-state index contributed by atoms with van der Waals surface area (Å²) < 4.78 is 5.07. The highest BCUT2D eigenvalue weighted by molar-refractivity contribution is 6.45. The van der Waals surface area contributed by atoms with Gasteiger partial charge in [-0.15, -0.1) is 0 Å². The van der Waals surface area contributed by atoms with Gasteiger partial charge in [-0.1, -0.05) is 0 Å². The molecule has 0 aromatic carbocycles. The molecule has 1 heterocycles. The van der Waals surface area contributed by atoms with Crippen LogP contribution < -0.4 is 5.32 Å². The molecule has 2 atom stereocenters. The van der Waals surface area contributed by atoms with Crippen LogP contribution in [0.15, 0.2) is 0 Å². The molecule has 0 radical (unpaired) electrons. The molecule has 0 aromatic heterocycles. The summed E-state index contributed by atoms with van der Waals surface area (Å²) in [5.74, 6) is -1.63. The van der Waals surface area contributed by atoms with E-state index in [4.69, 9.17) is 9.76 Å². The summed E-state index contributed by atoms with van der Waals surface area (Å²) in [5.41, 5.74) is 0. The van der Waals surface area contributed by atoms with Gasteiger partial charge in [0.25, 0.3) is 0 Å². The molecule has 1 fully saturated rings. The number of nitrogens with one attached hydrogen (secondary N) is 1. The summed E-state index contributed by atoms with van der Waals surface area (Å²) in [5, 5.41) is 20.5. The van der Waals surface area contributed by atoms with Gasteiger partial charge < -0.3 is 20.1 Å². The third-order valence-electron chi connectivity index (χ3n) is 2.27. The highest BCUT2D eigenvalue weighted by Crippen LogP contribution is 2.18. The number of carboxylic acid groups (broad SMARTS) is 1. The maximum Gasteiger partial charge on any atom is 0.478 e. The van der Waals surface area contributed by atoms with E-state index in [-0.39, 0.29) is 12.3 Å². The Morgan fingerprint density at radius 2 is 2.20 bits per heavy atom. The first-order valence-corrected chi connectivity index (χ1v) is 4.81. The van der Waals surface area contributed by atoms with E-state index in [1.54, 1.807) is 0 Å². The largest absolute Gasteiger partial charge is 0.481 e. The number of rotatable bonds is 3. The minimum Gasteiger partial charge on any atom is -0.481 e. The molecule has 0 aliphatic carbocycles. The second-order valence-electron chi connectivity index (χ2n) is 3.63. The van der Waals surface area contributed by atoms with Crippen molar-refractivity contribution in [3.05, 3.63) is 0 Å². The summed E-state index contributed by atoms with van der Waals surface area (Å²) in [7, 11) is -1.12. The van der Waals surface area contributed by atoms with Crippen LogP contribution in [-0.4, -0.2) is 41.2 Å². The van der Waals surface area contributed by atoms with Gasteiger partial charge >= 0.3 is 13.1 Å². The van der Waals surface area contributed by atoms with Gasteiger partial charge in [0.1, 0.15) is 0 Å². The Morgan fingerprint density at radius 1 is 1.53 bits per heavy atom. The molecule has 1 aliphatic heterocycles. The highest BCUT2D eigenvalue weighted by Gasteiger charge is 2.36. The lowest BCUT2D eigenvalue weighted by atomic mass is 9.72. The minimum atomic E-state index is -1.12. The molecule has 7 heteroatoms. The van der Waals surface area contributed by atoms with Gasteiger partial charge in [-0.25, -0.2) is 0 Å². The molecule has 0 spiro atoms. The van der Waals surface area contributed by atoms with Crippen LogP contribution in [-0.2, 0) is 14.2 Å². The number of hydrogen-bond donors (Lipinski definition) is 3. The van der Waals surface area contributed by atoms with E-state index in [0.717, 1.165) is 0 Å². The molecule has 3 N–H and O–H groups in total. The van der Waals surface area contributed by atoms with Crippen molar-refractivity contribution in [2.45, 2.75) is 38.2 Å². The first-order valence-electron chi connectivity index (χ1n) is 4.81. The molecule has 0 saturated carbocycles. The Kier molecular flexibility index (Phi) is 4.10. The van der Waals surface area contributed by atoms with Crippen molar-refractivity contribution in [2.24, 2.45) is 0 Å². The number of carboxylic acids is 1. The third-order valence-corrected chi connectivity index (χ3v) is 2.27. The van der Waals surface area contributed by atoms with Crippen LogP contribution >= 0.6 is 0 Å². The fraction of sp³-hybridized carbons (Fsp3) is 0.750. The van der Waals surface area contributed by atoms with Crippen molar-refractivity contribution in [3.63, 3.8) is 0 Å². The van der Waals surface area contributed by atoms with Gasteiger partial charge in [-0.05, 0) is 12.8 Å². The average molecular weight is 215 g/mol. The quantitative estimate of drug-likeness (QED) is 0.533. The number of hydrogen-bond acceptors (Lipinski definition) is 4. The first kappa shape index (κ1) is 12.0. The van der Waals surface area contributed by atoms with Crippen LogP contribution in [0.5, 0.6) is 0 Å².